The van der Waals surface area contributed by atoms with Crippen molar-refractivity contribution in [3.63, 3.8) is 0 Å². The summed E-state index contributed by atoms with van der Waals surface area (Å²) in [5.74, 6) is -1.09. The molecule has 1 amide bonds. The number of rotatable bonds is 7. The molecule has 0 spiro atoms. The highest BCUT2D eigenvalue weighted by atomic mass is 32.2. The predicted molar refractivity (Wildman–Crippen MR) is 98.8 cm³/mol. The van der Waals surface area contributed by atoms with Gasteiger partial charge in [-0.2, -0.15) is 0 Å². The van der Waals surface area contributed by atoms with Crippen LogP contribution >= 0.6 is 10.9 Å². The van der Waals surface area contributed by atoms with E-state index in [9.17, 15) is 9.59 Å². The van der Waals surface area contributed by atoms with Crippen LogP contribution in [0.4, 0.5) is 4.79 Å². The highest BCUT2D eigenvalue weighted by Gasteiger charge is 2.29. The Balaban J connectivity index is 2.27. The molecule has 130 valence electrons. The van der Waals surface area contributed by atoms with E-state index in [0.717, 1.165) is 41.0 Å². The Labute approximate surface area is 145 Å². The predicted octanol–water partition coefficient (Wildman–Crippen LogP) is 4.36. The van der Waals surface area contributed by atoms with E-state index in [1.807, 2.05) is 6.08 Å². The second-order valence-electron chi connectivity index (χ2n) is 5.74. The van der Waals surface area contributed by atoms with Gasteiger partial charge in [0.15, 0.2) is 0 Å². The van der Waals surface area contributed by atoms with E-state index in [-0.39, 0.29) is 17.0 Å². The molecule has 6 heteroatoms. The summed E-state index contributed by atoms with van der Waals surface area (Å²) in [4.78, 5) is 29.5. The van der Waals surface area contributed by atoms with E-state index in [1.165, 1.54) is 12.3 Å². The second kappa shape index (κ2) is 8.15. The van der Waals surface area contributed by atoms with E-state index in [0.29, 0.717) is 0 Å². The number of allylic oxidation sites excluding steroid dienone is 1. The Kier molecular flexibility index (Phi) is 6.20. The zero-order chi connectivity index (χ0) is 17.7. The molecule has 0 bridgehead atoms. The smallest absolute Gasteiger partial charge is 0.354 e. The van der Waals surface area contributed by atoms with Crippen molar-refractivity contribution in [2.45, 2.75) is 50.5 Å². The number of hydrogen-bond donors (Lipinski definition) is 3. The molecular formula is C18H24N2O3S. The Morgan fingerprint density at radius 2 is 2.21 bits per heavy atom. The Hall–Kier alpha value is -2.08. The maximum absolute atomic E-state index is 12.9. The minimum Gasteiger partial charge on any atom is -0.477 e. The molecule has 0 fully saturated rings. The number of hydrogen-bond acceptors (Lipinski definition) is 3. The van der Waals surface area contributed by atoms with E-state index in [4.69, 9.17) is 5.11 Å². The fourth-order valence-electron chi connectivity index (χ4n) is 2.69. The summed E-state index contributed by atoms with van der Waals surface area (Å²) in [5.41, 5.74) is 0.767. The van der Waals surface area contributed by atoms with Crippen molar-refractivity contribution < 1.29 is 14.7 Å². The van der Waals surface area contributed by atoms with Crippen LogP contribution in [0.5, 0.6) is 0 Å². The lowest BCUT2D eigenvalue weighted by Gasteiger charge is -2.23. The number of thiol groups is 1. The first-order chi connectivity index (χ1) is 11.5. The number of amides is 1. The van der Waals surface area contributed by atoms with Gasteiger partial charge < -0.3 is 10.4 Å². The molecule has 2 N–H and O–H groups in total. The molecular weight excluding hydrogens is 324 g/mol. The number of unbranched alkanes of at least 4 members (excludes halogenated alkanes) is 1. The monoisotopic (exact) mass is 348 g/mol. The minimum atomic E-state index is -1.29. The van der Waals surface area contributed by atoms with Crippen LogP contribution in [0.3, 0.4) is 0 Å². The fourth-order valence-corrected chi connectivity index (χ4v) is 4.81. The topological polar surface area (TPSA) is 79.3 Å². The zero-order valence-electron chi connectivity index (χ0n) is 14.1. The van der Waals surface area contributed by atoms with Crippen LogP contribution in [-0.4, -0.2) is 27.3 Å². The molecule has 0 aromatic carbocycles. The molecule has 24 heavy (non-hydrogen) atoms. The SMILES string of the molecule is C=CC1=Cc2cnc(C(=O)O)cc2[SH]1C(=O)NC(CC)CCCC. The normalized spacial score (nSPS) is 18.4. The molecule has 0 aliphatic carbocycles. The van der Waals surface area contributed by atoms with Gasteiger partial charge in [0.1, 0.15) is 5.69 Å². The molecule has 0 radical (unpaired) electrons. The van der Waals surface area contributed by atoms with Crippen LogP contribution in [0.1, 0.15) is 55.6 Å². The van der Waals surface area contributed by atoms with Gasteiger partial charge in [0.2, 0.25) is 0 Å². The van der Waals surface area contributed by atoms with Gasteiger partial charge in [0, 0.05) is 22.7 Å². The number of nitrogens with zero attached hydrogens (tertiary/aromatic N) is 1. The molecule has 2 rings (SSSR count). The number of carboxylic acid groups (broad SMARTS) is 1. The number of aromatic carboxylic acids is 1. The summed E-state index contributed by atoms with van der Waals surface area (Å²) in [7, 11) is -1.29. The fraction of sp³-hybridized carbons (Fsp3) is 0.389. The average Bonchev–Trinajstić information content (AvgIpc) is 2.95. The van der Waals surface area contributed by atoms with Crippen LogP contribution in [0, 0.1) is 0 Å². The van der Waals surface area contributed by atoms with Gasteiger partial charge in [0.05, 0.1) is 0 Å². The van der Waals surface area contributed by atoms with Crippen LogP contribution in [0.15, 0.2) is 34.7 Å². The molecule has 1 aromatic heterocycles. The zero-order valence-corrected chi connectivity index (χ0v) is 15.0. The van der Waals surface area contributed by atoms with Crippen molar-refractivity contribution in [2.75, 3.05) is 0 Å². The third-order valence-electron chi connectivity index (χ3n) is 4.07. The first-order valence-electron chi connectivity index (χ1n) is 8.19. The lowest BCUT2D eigenvalue weighted by atomic mass is 10.1. The van der Waals surface area contributed by atoms with Crippen LogP contribution in [0.2, 0.25) is 0 Å². The summed E-state index contributed by atoms with van der Waals surface area (Å²) >= 11 is 0. The molecule has 2 unspecified atom stereocenters. The molecule has 2 atom stereocenters. The largest absolute Gasteiger partial charge is 0.477 e. The van der Waals surface area contributed by atoms with Crippen molar-refractivity contribution in [1.82, 2.24) is 10.3 Å². The maximum atomic E-state index is 12.9. The number of pyridine rings is 1. The van der Waals surface area contributed by atoms with Crippen molar-refractivity contribution in [3.8, 4) is 0 Å². The summed E-state index contributed by atoms with van der Waals surface area (Å²) in [6, 6.07) is 1.67. The van der Waals surface area contributed by atoms with Crippen molar-refractivity contribution in [3.05, 3.63) is 41.1 Å². The second-order valence-corrected chi connectivity index (χ2v) is 7.81. The Morgan fingerprint density at radius 3 is 2.79 bits per heavy atom. The maximum Gasteiger partial charge on any atom is 0.354 e. The molecule has 0 saturated carbocycles. The van der Waals surface area contributed by atoms with Gasteiger partial charge in [-0.1, -0.05) is 39.3 Å². The van der Waals surface area contributed by atoms with Gasteiger partial charge in [-0.25, -0.2) is 9.78 Å². The van der Waals surface area contributed by atoms with Crippen LogP contribution in [0.25, 0.3) is 6.08 Å². The number of aromatic nitrogens is 1. The third-order valence-corrected chi connectivity index (χ3v) is 6.30. The summed E-state index contributed by atoms with van der Waals surface area (Å²) in [6.07, 6.45) is 9.08. The van der Waals surface area contributed by atoms with E-state index in [1.54, 1.807) is 6.08 Å². The third kappa shape index (κ3) is 3.87. The van der Waals surface area contributed by atoms with Gasteiger partial charge in [-0.15, -0.1) is 10.9 Å². The van der Waals surface area contributed by atoms with Crippen LogP contribution in [-0.2, 0) is 0 Å². The lowest BCUT2D eigenvalue weighted by Crippen LogP contribution is -2.33. The molecule has 2 heterocycles. The highest BCUT2D eigenvalue weighted by Crippen LogP contribution is 2.52. The number of carbonyl (C=O) groups excluding carboxylic acids is 1. The average molecular weight is 348 g/mol. The van der Waals surface area contributed by atoms with Crippen molar-refractivity contribution >= 4 is 28.2 Å². The van der Waals surface area contributed by atoms with Crippen molar-refractivity contribution in [2.24, 2.45) is 0 Å². The quantitative estimate of drug-likeness (QED) is 0.640. The first-order valence-corrected chi connectivity index (χ1v) is 9.54. The van der Waals surface area contributed by atoms with Gasteiger partial charge in [-0.3, -0.25) is 4.79 Å². The Morgan fingerprint density at radius 1 is 1.46 bits per heavy atom. The van der Waals surface area contributed by atoms with E-state index < -0.39 is 16.9 Å². The number of nitrogens with one attached hydrogen (secondary N) is 1. The van der Waals surface area contributed by atoms with Gasteiger partial charge in [-0.05, 0) is 29.9 Å². The highest BCUT2D eigenvalue weighted by molar-refractivity contribution is 8.33. The van der Waals surface area contributed by atoms with Crippen molar-refractivity contribution in [1.29, 1.82) is 0 Å². The molecule has 5 nitrogen and oxygen atoms in total. The summed E-state index contributed by atoms with van der Waals surface area (Å²) < 4.78 is 0. The van der Waals surface area contributed by atoms with E-state index >= 15 is 0 Å². The van der Waals surface area contributed by atoms with Gasteiger partial charge >= 0.3 is 5.97 Å². The standard InChI is InChI=1S/C18H24N2O3S/c1-4-7-8-13(5-2)20-18(23)24-14(6-3)9-12-11-19-15(17(21)22)10-16(12)24/h6,9-11,13,24H,3-5,7-8H2,1-2H3,(H,20,23)(H,21,22). The number of carboxylic acids is 1. The molecule has 1 aromatic rings. The number of fused-ring (bicyclic) bond motifs is 1. The summed E-state index contributed by atoms with van der Waals surface area (Å²) in [5, 5.41) is 12.2. The van der Waals surface area contributed by atoms with Gasteiger partial charge in [0.25, 0.3) is 5.24 Å². The Bertz CT molecular complexity index is 685. The molecule has 0 saturated heterocycles. The first kappa shape index (κ1) is 18.3. The van der Waals surface area contributed by atoms with E-state index in [2.05, 4.69) is 30.7 Å². The molecule has 1 aliphatic rings. The minimum absolute atomic E-state index is 0.0363. The van der Waals surface area contributed by atoms with Crippen LogP contribution < -0.4 is 5.32 Å². The lowest BCUT2D eigenvalue weighted by molar-refractivity contribution is 0.0690. The molecule has 1 aliphatic heterocycles. The summed E-state index contributed by atoms with van der Waals surface area (Å²) in [6.45, 7) is 7.99. The number of carbonyl (C=O) groups is 2.